The van der Waals surface area contributed by atoms with Crippen LogP contribution in [-0.2, 0) is 7.05 Å². The van der Waals surface area contributed by atoms with Gasteiger partial charge in [-0.1, -0.05) is 0 Å². The van der Waals surface area contributed by atoms with Gasteiger partial charge in [0.15, 0.2) is 0 Å². The molecule has 0 aliphatic rings. The fourth-order valence-electron chi connectivity index (χ4n) is 3.18. The number of carbonyl (C=O) groups is 1. The molecule has 7 nitrogen and oxygen atoms in total. The lowest BCUT2D eigenvalue weighted by Crippen LogP contribution is -2.37. The van der Waals surface area contributed by atoms with Crippen molar-refractivity contribution in [2.45, 2.75) is 12.2 Å². The van der Waals surface area contributed by atoms with Crippen LogP contribution in [0.5, 0.6) is 5.75 Å². The molecule has 4 rings (SSSR count). The van der Waals surface area contributed by atoms with Crippen LogP contribution in [0.2, 0.25) is 0 Å². The van der Waals surface area contributed by atoms with Gasteiger partial charge in [-0.25, -0.2) is 15.0 Å². The average molecular weight is 409 g/mol. The fraction of sp³-hybridized carbons (Fsp3) is 0.143. The summed E-state index contributed by atoms with van der Waals surface area (Å²) in [6, 6.07) is 12.7. The number of imidazole rings is 1. The van der Waals surface area contributed by atoms with Crippen molar-refractivity contribution in [2.24, 2.45) is 7.05 Å². The normalized spacial score (nSPS) is 11.4. The molecule has 0 aliphatic carbocycles. The van der Waals surface area contributed by atoms with Crippen LogP contribution in [0.25, 0.3) is 22.3 Å². The number of aromatic nitrogens is 4. The van der Waals surface area contributed by atoms with E-state index >= 15 is 0 Å². The van der Waals surface area contributed by atoms with E-state index < -0.39 is 0 Å². The number of aryl methyl sites for hydroxylation is 1. The molecule has 0 spiro atoms. The Morgan fingerprint density at radius 3 is 2.45 bits per heavy atom. The third-order valence-electron chi connectivity index (χ3n) is 4.84. The number of ether oxygens (including phenoxy) is 1. The van der Waals surface area contributed by atoms with Crippen molar-refractivity contribution in [3.8, 4) is 17.1 Å². The second-order valence-corrected chi connectivity index (χ2v) is 8.40. The van der Waals surface area contributed by atoms with Crippen LogP contribution in [0.4, 0.5) is 5.82 Å². The summed E-state index contributed by atoms with van der Waals surface area (Å²) in [5.41, 5.74) is 3.01. The second kappa shape index (κ2) is 7.94. The molecule has 10 heteroatoms. The van der Waals surface area contributed by atoms with Crippen LogP contribution in [0.15, 0.2) is 54.9 Å². The molecule has 0 atom stereocenters. The molecule has 0 saturated heterocycles. The van der Waals surface area contributed by atoms with Crippen molar-refractivity contribution in [2.75, 3.05) is 5.32 Å². The zero-order valence-electron chi connectivity index (χ0n) is 18.3. The number of hydrogen-bond acceptors (Lipinski definition) is 5. The lowest BCUT2D eigenvalue weighted by atomic mass is 9.52. The van der Waals surface area contributed by atoms with Gasteiger partial charge in [0.1, 0.15) is 40.9 Å². The van der Waals surface area contributed by atoms with Crippen LogP contribution in [0.1, 0.15) is 16.2 Å². The van der Waals surface area contributed by atoms with E-state index in [1.54, 1.807) is 42.7 Å². The van der Waals surface area contributed by atoms with E-state index in [0.29, 0.717) is 11.4 Å². The smallest absolute Gasteiger partial charge is 0.256 e. The minimum atomic E-state index is -0.293. The van der Waals surface area contributed by atoms with E-state index in [1.165, 1.54) is 0 Å². The molecular weight excluding hydrogens is 387 g/mol. The summed E-state index contributed by atoms with van der Waals surface area (Å²) in [7, 11) is 7.90. The van der Waals surface area contributed by atoms with Gasteiger partial charge in [0.2, 0.25) is 0 Å². The molecule has 0 unspecified atom stereocenters. The van der Waals surface area contributed by atoms with Crippen molar-refractivity contribution in [1.82, 2.24) is 19.5 Å². The molecule has 0 aliphatic heterocycles. The number of anilines is 1. The minimum absolute atomic E-state index is 0.243. The van der Waals surface area contributed by atoms with Gasteiger partial charge in [0, 0.05) is 35.6 Å². The third kappa shape index (κ3) is 4.63. The van der Waals surface area contributed by atoms with E-state index in [2.05, 4.69) is 15.3 Å². The van der Waals surface area contributed by atoms with Crippen molar-refractivity contribution in [3.05, 3.63) is 66.2 Å². The Hall–Kier alpha value is -3.55. The summed E-state index contributed by atoms with van der Waals surface area (Å²) in [6.45, 7) is 1.95. The molecule has 4 aromatic rings. The average Bonchev–Trinajstić information content (AvgIpc) is 3.05. The number of benzene rings is 1. The Balaban J connectivity index is 1.55. The molecule has 0 bridgehead atoms. The first kappa shape index (κ1) is 20.7. The zero-order chi connectivity index (χ0) is 22.2. The van der Waals surface area contributed by atoms with Crippen molar-refractivity contribution in [3.63, 3.8) is 0 Å². The topological polar surface area (TPSA) is 81.9 Å². The van der Waals surface area contributed by atoms with Crippen molar-refractivity contribution >= 4 is 46.2 Å². The first-order chi connectivity index (χ1) is 14.7. The molecule has 3 heterocycles. The van der Waals surface area contributed by atoms with Crippen LogP contribution in [0, 0.1) is 6.92 Å². The van der Waals surface area contributed by atoms with Crippen molar-refractivity contribution in [1.29, 1.82) is 0 Å². The maximum absolute atomic E-state index is 12.7. The number of nitrogens with one attached hydrogen (secondary N) is 1. The highest BCUT2D eigenvalue weighted by Crippen LogP contribution is 2.23. The number of fused-ring (bicyclic) bond motifs is 1. The predicted octanol–water partition coefficient (Wildman–Crippen LogP) is 0.480. The number of hydrogen-bond donors (Lipinski definition) is 1. The molecule has 31 heavy (non-hydrogen) atoms. The minimum Gasteiger partial charge on any atom is -0.514 e. The van der Waals surface area contributed by atoms with Gasteiger partial charge in [0.25, 0.3) is 5.91 Å². The summed E-state index contributed by atoms with van der Waals surface area (Å²) >= 11 is 0. The van der Waals surface area contributed by atoms with Crippen LogP contribution in [-0.4, -0.2) is 54.3 Å². The van der Waals surface area contributed by atoms with Gasteiger partial charge in [-0.15, -0.1) is 0 Å². The number of rotatable bonds is 5. The van der Waals surface area contributed by atoms with E-state index in [-0.39, 0.29) is 11.2 Å². The Bertz CT molecular complexity index is 1270. The summed E-state index contributed by atoms with van der Waals surface area (Å²) in [5, 5.41) is 3.44. The van der Waals surface area contributed by atoms with Crippen LogP contribution < -0.4 is 10.1 Å². The maximum Gasteiger partial charge on any atom is 0.256 e. The Morgan fingerprint density at radius 2 is 1.81 bits per heavy atom. The molecule has 0 saturated carbocycles. The van der Waals surface area contributed by atoms with E-state index in [1.807, 2.05) is 54.2 Å². The van der Waals surface area contributed by atoms with E-state index in [0.717, 1.165) is 33.9 Å². The SMILES string of the molecule is BC(B)(B)Oc1ccc(C(=O)Nc2cc3nc(-c4cnc(C)n4C)ccc3cn2)cc1. The van der Waals surface area contributed by atoms with Crippen LogP contribution >= 0.6 is 0 Å². The lowest BCUT2D eigenvalue weighted by Gasteiger charge is -2.21. The molecule has 152 valence electrons. The third-order valence-corrected chi connectivity index (χ3v) is 4.84. The molecule has 1 amide bonds. The highest BCUT2D eigenvalue weighted by Gasteiger charge is 2.14. The van der Waals surface area contributed by atoms with Crippen LogP contribution in [0.3, 0.4) is 0 Å². The summed E-state index contributed by atoms with van der Waals surface area (Å²) in [6.07, 6.45) is 3.51. The summed E-state index contributed by atoms with van der Waals surface area (Å²) in [5.74, 6) is 1.83. The standard InChI is InChI=1S/C21H22B3N5O2/c1-12-25-11-18(29(12)2)16-8-5-14-10-26-19(9-17(14)27-16)28-20(30)13-3-6-15(7-4-13)31-21(22,23)24/h3-11H,22-24H2,1-2H3,(H,26,28,30). The van der Waals surface area contributed by atoms with Gasteiger partial charge >= 0.3 is 0 Å². The first-order valence-electron chi connectivity index (χ1n) is 10.1. The predicted molar refractivity (Wildman–Crippen MR) is 130 cm³/mol. The Morgan fingerprint density at radius 1 is 1.06 bits per heavy atom. The van der Waals surface area contributed by atoms with Gasteiger partial charge < -0.3 is 14.6 Å². The highest BCUT2D eigenvalue weighted by molar-refractivity contribution is 6.58. The Labute approximate surface area is 183 Å². The quantitative estimate of drug-likeness (QED) is 0.486. The van der Waals surface area contributed by atoms with E-state index in [4.69, 9.17) is 9.72 Å². The highest BCUT2D eigenvalue weighted by atomic mass is 16.5. The van der Waals surface area contributed by atoms with Gasteiger partial charge in [-0.3, -0.25) is 4.79 Å². The monoisotopic (exact) mass is 409 g/mol. The fourth-order valence-corrected chi connectivity index (χ4v) is 3.18. The molecule has 3 aromatic heterocycles. The molecule has 1 N–H and O–H groups in total. The van der Waals surface area contributed by atoms with Gasteiger partial charge in [0.05, 0.1) is 23.1 Å². The maximum atomic E-state index is 12.7. The van der Waals surface area contributed by atoms with E-state index in [9.17, 15) is 4.79 Å². The summed E-state index contributed by atoms with van der Waals surface area (Å²) in [4.78, 5) is 26.1. The second-order valence-electron chi connectivity index (χ2n) is 8.40. The number of carbonyl (C=O) groups excluding carboxylic acids is 1. The van der Waals surface area contributed by atoms with Gasteiger partial charge in [-0.2, -0.15) is 0 Å². The first-order valence-corrected chi connectivity index (χ1v) is 10.1. The number of pyridine rings is 2. The lowest BCUT2D eigenvalue weighted by molar-refractivity contribution is 0.102. The zero-order valence-corrected chi connectivity index (χ0v) is 18.3. The molecule has 0 radical (unpaired) electrons. The molecule has 0 fully saturated rings. The molecule has 1 aromatic carbocycles. The van der Waals surface area contributed by atoms with Gasteiger partial charge in [-0.05, 0) is 43.3 Å². The van der Waals surface area contributed by atoms with Crippen molar-refractivity contribution < 1.29 is 9.53 Å². The Kier molecular flexibility index (Phi) is 5.31. The molecular formula is C21H22B3N5O2. The summed E-state index contributed by atoms with van der Waals surface area (Å²) < 4.78 is 7.79. The number of nitrogens with zero attached hydrogens (tertiary/aromatic N) is 4. The number of amides is 1. The largest absolute Gasteiger partial charge is 0.514 e.